The van der Waals surface area contributed by atoms with Crippen LogP contribution in [0.2, 0.25) is 0 Å². The number of rotatable bonds is 5. The van der Waals surface area contributed by atoms with Gasteiger partial charge in [0.25, 0.3) is 0 Å². The number of furan rings is 1. The van der Waals surface area contributed by atoms with Crippen molar-refractivity contribution in [3.63, 3.8) is 0 Å². The standard InChI is InChI=1S/C50H32N2O/c1-3-12-33(13-4-1)35-22-23-37-31-39(26-24-36(37)30-35)51(46-20-11-21-48-49(46)44-28-25-34-14-7-8-17-41(34)50(44)53-48)40-27-29-43-42-18-9-10-19-45(42)52(47(43)32-40)38-15-5-2-6-16-38/h1-32H. The predicted octanol–water partition coefficient (Wildman–Crippen LogP) is 14.1. The van der Waals surface area contributed by atoms with E-state index in [1.165, 1.54) is 43.6 Å². The lowest BCUT2D eigenvalue weighted by Crippen LogP contribution is -2.10. The maximum atomic E-state index is 6.71. The Balaban J connectivity index is 1.18. The zero-order chi connectivity index (χ0) is 34.9. The van der Waals surface area contributed by atoms with Gasteiger partial charge in [0.1, 0.15) is 11.2 Å². The first-order valence-corrected chi connectivity index (χ1v) is 18.1. The highest BCUT2D eigenvalue weighted by atomic mass is 16.3. The quantitative estimate of drug-likeness (QED) is 0.181. The van der Waals surface area contributed by atoms with Gasteiger partial charge in [-0.1, -0.05) is 127 Å². The van der Waals surface area contributed by atoms with Gasteiger partial charge in [-0.15, -0.1) is 0 Å². The summed E-state index contributed by atoms with van der Waals surface area (Å²) < 4.78 is 9.10. The van der Waals surface area contributed by atoms with Crippen molar-refractivity contribution in [3.8, 4) is 16.8 Å². The molecule has 0 amide bonds. The van der Waals surface area contributed by atoms with E-state index in [9.17, 15) is 0 Å². The van der Waals surface area contributed by atoms with Gasteiger partial charge in [0.2, 0.25) is 0 Å². The number of anilines is 3. The molecule has 0 saturated carbocycles. The number of aromatic nitrogens is 1. The molecule has 3 nitrogen and oxygen atoms in total. The molecule has 3 heteroatoms. The molecule has 0 unspecified atom stereocenters. The van der Waals surface area contributed by atoms with Crippen LogP contribution in [0.1, 0.15) is 0 Å². The van der Waals surface area contributed by atoms with Crippen LogP contribution < -0.4 is 4.90 Å². The Morgan fingerprint density at radius 2 is 1.06 bits per heavy atom. The zero-order valence-electron chi connectivity index (χ0n) is 28.8. The first-order valence-electron chi connectivity index (χ1n) is 18.1. The van der Waals surface area contributed by atoms with Gasteiger partial charge in [0.05, 0.1) is 22.1 Å². The second-order valence-corrected chi connectivity index (χ2v) is 13.8. The van der Waals surface area contributed by atoms with Crippen LogP contribution in [0.25, 0.3) is 82.1 Å². The Bertz CT molecular complexity index is 3170. The van der Waals surface area contributed by atoms with Gasteiger partial charge in [-0.25, -0.2) is 0 Å². The average Bonchev–Trinajstić information content (AvgIpc) is 3.78. The highest BCUT2D eigenvalue weighted by molar-refractivity contribution is 6.20. The molecule has 53 heavy (non-hydrogen) atoms. The lowest BCUT2D eigenvalue weighted by Gasteiger charge is -2.27. The van der Waals surface area contributed by atoms with Crippen molar-refractivity contribution in [2.45, 2.75) is 0 Å². The van der Waals surface area contributed by atoms with Crippen molar-refractivity contribution in [2.75, 3.05) is 4.90 Å². The van der Waals surface area contributed by atoms with Gasteiger partial charge in [-0.3, -0.25) is 0 Å². The van der Waals surface area contributed by atoms with Crippen LogP contribution in [-0.2, 0) is 0 Å². The van der Waals surface area contributed by atoms with Crippen molar-refractivity contribution in [1.82, 2.24) is 4.57 Å². The van der Waals surface area contributed by atoms with E-state index in [0.29, 0.717) is 0 Å². The van der Waals surface area contributed by atoms with Crippen molar-refractivity contribution >= 4 is 82.4 Å². The summed E-state index contributed by atoms with van der Waals surface area (Å²) in [7, 11) is 0. The molecule has 0 N–H and O–H groups in total. The number of nitrogens with zero attached hydrogens (tertiary/aromatic N) is 2. The monoisotopic (exact) mass is 676 g/mol. The highest BCUT2D eigenvalue weighted by Crippen LogP contribution is 2.46. The third-order valence-electron chi connectivity index (χ3n) is 10.7. The molecule has 9 aromatic carbocycles. The van der Waals surface area contributed by atoms with E-state index in [1.807, 2.05) is 0 Å². The van der Waals surface area contributed by atoms with E-state index in [-0.39, 0.29) is 0 Å². The van der Waals surface area contributed by atoms with Crippen LogP contribution in [-0.4, -0.2) is 4.57 Å². The van der Waals surface area contributed by atoms with Crippen LogP contribution in [0, 0.1) is 0 Å². The van der Waals surface area contributed by atoms with Gasteiger partial charge >= 0.3 is 0 Å². The summed E-state index contributed by atoms with van der Waals surface area (Å²) in [5, 5.41) is 9.32. The second kappa shape index (κ2) is 11.7. The van der Waals surface area contributed by atoms with Crippen LogP contribution >= 0.6 is 0 Å². The van der Waals surface area contributed by atoms with E-state index in [0.717, 1.165) is 55.6 Å². The SMILES string of the molecule is c1ccc(-c2ccc3cc(N(c4ccc5c6ccccc6n(-c6ccccc6)c5c4)c4cccc5oc6c7ccccc7ccc6c45)ccc3c2)cc1. The molecule has 0 aliphatic heterocycles. The van der Waals surface area contributed by atoms with E-state index in [1.54, 1.807) is 0 Å². The molecular weight excluding hydrogens is 645 g/mol. The third-order valence-corrected chi connectivity index (χ3v) is 10.7. The largest absolute Gasteiger partial charge is 0.455 e. The lowest BCUT2D eigenvalue weighted by atomic mass is 10.00. The van der Waals surface area contributed by atoms with Crippen LogP contribution in [0.5, 0.6) is 0 Å². The minimum absolute atomic E-state index is 0.867. The molecule has 0 fully saturated rings. The molecule has 0 bridgehead atoms. The molecule has 2 aromatic heterocycles. The van der Waals surface area contributed by atoms with Gasteiger partial charge in [0, 0.05) is 38.6 Å². The fourth-order valence-electron chi connectivity index (χ4n) is 8.28. The number of fused-ring (bicyclic) bond motifs is 9. The average molecular weight is 677 g/mol. The maximum Gasteiger partial charge on any atom is 0.143 e. The maximum absolute atomic E-state index is 6.71. The molecule has 0 saturated heterocycles. The molecule has 0 aliphatic rings. The van der Waals surface area contributed by atoms with E-state index in [4.69, 9.17) is 4.42 Å². The molecule has 0 atom stereocenters. The number of hydrogen-bond acceptors (Lipinski definition) is 2. The minimum atomic E-state index is 0.867. The van der Waals surface area contributed by atoms with Crippen LogP contribution in [0.3, 0.4) is 0 Å². The first-order chi connectivity index (χ1) is 26.3. The summed E-state index contributed by atoms with van der Waals surface area (Å²) in [5.74, 6) is 0. The molecular formula is C50H32N2O. The summed E-state index contributed by atoms with van der Waals surface area (Å²) in [6.45, 7) is 0. The Hall–Kier alpha value is -7.10. The van der Waals surface area contributed by atoms with Crippen molar-refractivity contribution in [2.24, 2.45) is 0 Å². The van der Waals surface area contributed by atoms with Crippen molar-refractivity contribution in [3.05, 3.63) is 194 Å². The Labute approximate surface area is 306 Å². The van der Waals surface area contributed by atoms with Gasteiger partial charge in [0.15, 0.2) is 0 Å². The number of benzene rings is 9. The summed E-state index contributed by atoms with van der Waals surface area (Å²) in [4.78, 5) is 2.41. The van der Waals surface area contributed by atoms with Gasteiger partial charge in [-0.05, 0) is 94.0 Å². The van der Waals surface area contributed by atoms with Crippen molar-refractivity contribution < 1.29 is 4.42 Å². The molecule has 11 aromatic rings. The Kier molecular flexibility index (Phi) is 6.55. The molecule has 11 rings (SSSR count). The summed E-state index contributed by atoms with van der Waals surface area (Å²) in [6, 6.07) is 69.8. The lowest BCUT2D eigenvalue weighted by molar-refractivity contribution is 0.672. The summed E-state index contributed by atoms with van der Waals surface area (Å²) in [6.07, 6.45) is 0. The molecule has 0 aliphatic carbocycles. The van der Waals surface area contributed by atoms with Crippen molar-refractivity contribution in [1.29, 1.82) is 0 Å². The zero-order valence-corrected chi connectivity index (χ0v) is 28.8. The smallest absolute Gasteiger partial charge is 0.143 e. The highest BCUT2D eigenvalue weighted by Gasteiger charge is 2.22. The Morgan fingerprint density at radius 3 is 1.94 bits per heavy atom. The third kappa shape index (κ3) is 4.68. The Morgan fingerprint density at radius 1 is 0.396 bits per heavy atom. The second-order valence-electron chi connectivity index (χ2n) is 13.8. The summed E-state index contributed by atoms with van der Waals surface area (Å²) >= 11 is 0. The van der Waals surface area contributed by atoms with Gasteiger partial charge in [-0.2, -0.15) is 0 Å². The molecule has 0 radical (unpaired) electrons. The first kappa shape index (κ1) is 29.6. The molecule has 2 heterocycles. The van der Waals surface area contributed by atoms with Crippen LogP contribution in [0.15, 0.2) is 199 Å². The fraction of sp³-hybridized carbons (Fsp3) is 0. The van der Waals surface area contributed by atoms with E-state index in [2.05, 4.69) is 204 Å². The predicted molar refractivity (Wildman–Crippen MR) is 223 cm³/mol. The number of hydrogen-bond donors (Lipinski definition) is 0. The normalized spacial score (nSPS) is 11.8. The number of para-hydroxylation sites is 2. The van der Waals surface area contributed by atoms with E-state index >= 15 is 0 Å². The minimum Gasteiger partial charge on any atom is -0.455 e. The topological polar surface area (TPSA) is 21.3 Å². The van der Waals surface area contributed by atoms with E-state index < -0.39 is 0 Å². The summed E-state index contributed by atoms with van der Waals surface area (Å²) in [5.41, 5.74) is 10.9. The van der Waals surface area contributed by atoms with Gasteiger partial charge < -0.3 is 13.9 Å². The van der Waals surface area contributed by atoms with Crippen LogP contribution in [0.4, 0.5) is 17.1 Å². The molecule has 248 valence electrons. The molecule has 0 spiro atoms. The fourth-order valence-corrected chi connectivity index (χ4v) is 8.28.